The summed E-state index contributed by atoms with van der Waals surface area (Å²) in [5.74, 6) is -1.14. The fourth-order valence-corrected chi connectivity index (χ4v) is 2.54. The van der Waals surface area contributed by atoms with E-state index in [1.807, 2.05) is 0 Å². The second kappa shape index (κ2) is 8.13. The molecule has 0 bridgehead atoms. The smallest absolute Gasteiger partial charge is 0.252 e. The first-order valence-electron chi connectivity index (χ1n) is 7.16. The van der Waals surface area contributed by atoms with E-state index in [0.717, 1.165) is 0 Å². The third kappa shape index (κ3) is 4.46. The van der Waals surface area contributed by atoms with Gasteiger partial charge < -0.3 is 10.2 Å². The van der Waals surface area contributed by atoms with Crippen LogP contribution >= 0.6 is 23.2 Å². The van der Waals surface area contributed by atoms with Crippen molar-refractivity contribution in [3.8, 4) is 0 Å². The quantitative estimate of drug-likeness (QED) is 0.869. The molecule has 0 aliphatic rings. The molecule has 7 heteroatoms. The Labute approximate surface area is 149 Å². The molecule has 0 spiro atoms. The van der Waals surface area contributed by atoms with Gasteiger partial charge in [0, 0.05) is 25.7 Å². The monoisotopic (exact) mass is 368 g/mol. The first kappa shape index (κ1) is 18.2. The lowest BCUT2D eigenvalue weighted by Crippen LogP contribution is -2.37. The normalized spacial score (nSPS) is 10.3. The van der Waals surface area contributed by atoms with Gasteiger partial charge in [-0.3, -0.25) is 9.59 Å². The highest BCUT2D eigenvalue weighted by atomic mass is 35.5. The third-order valence-corrected chi connectivity index (χ3v) is 3.95. The molecule has 0 heterocycles. The maximum Gasteiger partial charge on any atom is 0.252 e. The SMILES string of the molecule is CC(=O)N(CCNC(=O)c1ccccc1Cl)c1ccc(F)c(Cl)c1. The second-order valence-electron chi connectivity index (χ2n) is 5.00. The lowest BCUT2D eigenvalue weighted by atomic mass is 10.2. The predicted molar refractivity (Wildman–Crippen MR) is 93.2 cm³/mol. The highest BCUT2D eigenvalue weighted by molar-refractivity contribution is 6.33. The number of carbonyl (C=O) groups is 2. The van der Waals surface area contributed by atoms with Crippen molar-refractivity contribution in [3.05, 3.63) is 63.9 Å². The maximum absolute atomic E-state index is 13.2. The minimum atomic E-state index is -0.559. The molecule has 1 N–H and O–H groups in total. The zero-order chi connectivity index (χ0) is 17.7. The van der Waals surface area contributed by atoms with Crippen molar-refractivity contribution in [2.45, 2.75) is 6.92 Å². The first-order chi connectivity index (χ1) is 11.4. The summed E-state index contributed by atoms with van der Waals surface area (Å²) < 4.78 is 13.2. The molecule has 0 saturated heterocycles. The number of anilines is 1. The Balaban J connectivity index is 2.02. The van der Waals surface area contributed by atoms with Gasteiger partial charge in [0.05, 0.1) is 15.6 Å². The number of hydrogen-bond acceptors (Lipinski definition) is 2. The number of hydrogen-bond donors (Lipinski definition) is 1. The molecule has 2 rings (SSSR count). The molecule has 0 saturated carbocycles. The molecule has 2 aromatic rings. The van der Waals surface area contributed by atoms with E-state index >= 15 is 0 Å². The van der Waals surface area contributed by atoms with Crippen molar-refractivity contribution < 1.29 is 14.0 Å². The van der Waals surface area contributed by atoms with Crippen LogP contribution in [-0.2, 0) is 4.79 Å². The van der Waals surface area contributed by atoms with Crippen LogP contribution in [0, 0.1) is 5.82 Å². The molecule has 0 aliphatic heterocycles. The van der Waals surface area contributed by atoms with Crippen LogP contribution in [0.25, 0.3) is 0 Å². The van der Waals surface area contributed by atoms with Crippen molar-refractivity contribution in [1.82, 2.24) is 5.32 Å². The molecular weight excluding hydrogens is 354 g/mol. The number of rotatable bonds is 5. The number of amides is 2. The Morgan fingerprint density at radius 3 is 2.46 bits per heavy atom. The van der Waals surface area contributed by atoms with E-state index in [-0.39, 0.29) is 29.9 Å². The van der Waals surface area contributed by atoms with Gasteiger partial charge in [0.15, 0.2) is 0 Å². The summed E-state index contributed by atoms with van der Waals surface area (Å²) in [6.07, 6.45) is 0. The first-order valence-corrected chi connectivity index (χ1v) is 7.91. The Bertz CT molecular complexity index is 768. The van der Waals surface area contributed by atoms with Crippen LogP contribution in [-0.4, -0.2) is 24.9 Å². The van der Waals surface area contributed by atoms with Gasteiger partial charge in [0.1, 0.15) is 5.82 Å². The minimum absolute atomic E-state index is 0.0705. The lowest BCUT2D eigenvalue weighted by molar-refractivity contribution is -0.116. The topological polar surface area (TPSA) is 49.4 Å². The van der Waals surface area contributed by atoms with Crippen LogP contribution in [0.1, 0.15) is 17.3 Å². The summed E-state index contributed by atoms with van der Waals surface area (Å²) in [6.45, 7) is 1.80. The molecule has 2 amide bonds. The molecule has 24 heavy (non-hydrogen) atoms. The molecule has 0 atom stereocenters. The lowest BCUT2D eigenvalue weighted by Gasteiger charge is -2.21. The van der Waals surface area contributed by atoms with E-state index in [1.165, 1.54) is 30.0 Å². The third-order valence-electron chi connectivity index (χ3n) is 3.33. The predicted octanol–water partition coefficient (Wildman–Crippen LogP) is 3.92. The summed E-state index contributed by atoms with van der Waals surface area (Å²) in [5, 5.41) is 2.98. The van der Waals surface area contributed by atoms with Crippen molar-refractivity contribution in [2.75, 3.05) is 18.0 Å². The van der Waals surface area contributed by atoms with Crippen molar-refractivity contribution in [1.29, 1.82) is 0 Å². The van der Waals surface area contributed by atoms with Gasteiger partial charge in [-0.05, 0) is 30.3 Å². The molecule has 4 nitrogen and oxygen atoms in total. The fourth-order valence-electron chi connectivity index (χ4n) is 2.14. The Kier molecular flexibility index (Phi) is 6.17. The van der Waals surface area contributed by atoms with Crippen molar-refractivity contribution >= 4 is 40.7 Å². The van der Waals surface area contributed by atoms with Crippen LogP contribution in [0.2, 0.25) is 10.0 Å². The number of benzene rings is 2. The maximum atomic E-state index is 13.2. The summed E-state index contributed by atoms with van der Waals surface area (Å²) in [5.41, 5.74) is 0.819. The van der Waals surface area contributed by atoms with Crippen LogP contribution in [0.3, 0.4) is 0 Å². The van der Waals surface area contributed by atoms with Gasteiger partial charge in [-0.15, -0.1) is 0 Å². The standard InChI is InChI=1S/C17H15Cl2FN2O2/c1-11(23)22(12-6-7-16(20)15(19)10-12)9-8-21-17(24)13-4-2-3-5-14(13)18/h2-7,10H,8-9H2,1H3,(H,21,24). The number of carbonyl (C=O) groups excluding carboxylic acids is 2. The number of nitrogens with zero attached hydrogens (tertiary/aromatic N) is 1. The Morgan fingerprint density at radius 1 is 1.12 bits per heavy atom. The molecule has 0 aromatic heterocycles. The summed E-state index contributed by atoms with van der Waals surface area (Å²) in [6, 6.07) is 10.7. The summed E-state index contributed by atoms with van der Waals surface area (Å²) >= 11 is 11.7. The van der Waals surface area contributed by atoms with E-state index in [4.69, 9.17) is 23.2 Å². The fraction of sp³-hybridized carbons (Fsp3) is 0.176. The minimum Gasteiger partial charge on any atom is -0.350 e. The molecule has 2 aromatic carbocycles. The second-order valence-corrected chi connectivity index (χ2v) is 5.82. The van der Waals surface area contributed by atoms with E-state index < -0.39 is 5.82 Å². The molecule has 0 radical (unpaired) electrons. The number of nitrogens with one attached hydrogen (secondary N) is 1. The zero-order valence-corrected chi connectivity index (χ0v) is 14.4. The van der Waals surface area contributed by atoms with Crippen molar-refractivity contribution in [2.24, 2.45) is 0 Å². The van der Waals surface area contributed by atoms with Crippen LogP contribution in [0.5, 0.6) is 0 Å². The Morgan fingerprint density at radius 2 is 1.83 bits per heavy atom. The molecule has 126 valence electrons. The van der Waals surface area contributed by atoms with E-state index in [1.54, 1.807) is 24.3 Å². The van der Waals surface area contributed by atoms with Crippen LogP contribution in [0.4, 0.5) is 10.1 Å². The van der Waals surface area contributed by atoms with Gasteiger partial charge >= 0.3 is 0 Å². The number of halogens is 3. The van der Waals surface area contributed by atoms with Gasteiger partial charge in [-0.25, -0.2) is 4.39 Å². The highest BCUT2D eigenvalue weighted by Crippen LogP contribution is 2.22. The van der Waals surface area contributed by atoms with Gasteiger partial charge in [0.2, 0.25) is 5.91 Å². The molecule has 0 aliphatic carbocycles. The molecular formula is C17H15Cl2FN2O2. The van der Waals surface area contributed by atoms with Crippen molar-refractivity contribution in [3.63, 3.8) is 0 Å². The van der Waals surface area contributed by atoms with Gasteiger partial charge in [-0.1, -0.05) is 35.3 Å². The average Bonchev–Trinajstić information content (AvgIpc) is 2.54. The van der Waals surface area contributed by atoms with E-state index in [2.05, 4.69) is 5.32 Å². The Hall–Kier alpha value is -2.11. The average molecular weight is 369 g/mol. The largest absolute Gasteiger partial charge is 0.350 e. The van der Waals surface area contributed by atoms with E-state index in [0.29, 0.717) is 16.3 Å². The van der Waals surface area contributed by atoms with E-state index in [9.17, 15) is 14.0 Å². The zero-order valence-electron chi connectivity index (χ0n) is 12.9. The van der Waals surface area contributed by atoms with Gasteiger partial charge in [0.25, 0.3) is 5.91 Å². The van der Waals surface area contributed by atoms with Crippen LogP contribution < -0.4 is 10.2 Å². The summed E-state index contributed by atoms with van der Waals surface area (Å²) in [4.78, 5) is 25.3. The van der Waals surface area contributed by atoms with Crippen LogP contribution in [0.15, 0.2) is 42.5 Å². The molecule has 0 unspecified atom stereocenters. The highest BCUT2D eigenvalue weighted by Gasteiger charge is 2.14. The van der Waals surface area contributed by atoms with Gasteiger partial charge in [-0.2, -0.15) is 0 Å². The summed E-state index contributed by atoms with van der Waals surface area (Å²) in [7, 11) is 0. The molecule has 0 fully saturated rings.